The Labute approximate surface area is 287 Å². The molecule has 0 saturated carbocycles. The van der Waals surface area contributed by atoms with Crippen molar-refractivity contribution in [1.29, 1.82) is 5.26 Å². The van der Waals surface area contributed by atoms with Crippen molar-refractivity contribution in [3.8, 4) is 6.07 Å². The van der Waals surface area contributed by atoms with E-state index in [1.165, 1.54) is 51.4 Å². The van der Waals surface area contributed by atoms with E-state index in [0.717, 1.165) is 32.3 Å². The van der Waals surface area contributed by atoms with Gasteiger partial charge in [0.15, 0.2) is 0 Å². The molecule has 0 rings (SSSR count). The van der Waals surface area contributed by atoms with Crippen LogP contribution in [0.2, 0.25) is 0 Å². The van der Waals surface area contributed by atoms with Crippen LogP contribution in [0.3, 0.4) is 0 Å². The Kier molecular flexibility index (Phi) is 150. The third-order valence-corrected chi connectivity index (χ3v) is 4.33. The first kappa shape index (κ1) is 74.8. The molecule has 0 bridgehead atoms. The van der Waals surface area contributed by atoms with Crippen molar-refractivity contribution in [3.63, 3.8) is 0 Å². The van der Waals surface area contributed by atoms with Gasteiger partial charge in [-0.3, -0.25) is 4.39 Å². The average molecular weight is 668 g/mol. The zero-order valence-corrected chi connectivity index (χ0v) is 34.3. The van der Waals surface area contributed by atoms with Gasteiger partial charge < -0.3 is 4.74 Å². The first-order valence-corrected chi connectivity index (χ1v) is 17.7. The summed E-state index contributed by atoms with van der Waals surface area (Å²) in [6.07, 6.45) is 11.8. The first-order chi connectivity index (χ1) is 20.3. The molecule has 1 unspecified atom stereocenters. The standard InChI is InChI=1S/2C5H12.C4H9F.3C4H10.C3H6F2.C3H7F.C3H5N.C3H8O.CH4/c2*1-4-5(2)3;1-3-4(2)5;3*1-3-4-2;1-3(2,4)5;2*1-2-3-4;1-3-4-2;/h2*5H,4H2,1-3H3;4H,3H2,1-2H3;3*3-4H2,1-2H3;1-2H3;2-3H2,1H3;2H2,1H3;3H2,1-2H3;1H4. The summed E-state index contributed by atoms with van der Waals surface area (Å²) in [5.74, 6) is -0.731. The normalized spacial score (nSPS) is 8.91. The van der Waals surface area contributed by atoms with Crippen molar-refractivity contribution < 1.29 is 22.3 Å². The quantitative estimate of drug-likeness (QED) is 0.241. The number of nitrogens with zero attached hydrogens (tertiary/aromatic N) is 1. The number of nitriles is 1. The molecule has 2 nitrogen and oxygen atoms in total. The Bertz CT molecular complexity index is 309. The van der Waals surface area contributed by atoms with Crippen LogP contribution in [0.5, 0.6) is 0 Å². The first-order valence-electron chi connectivity index (χ1n) is 17.7. The number of rotatable bonds is 8. The molecule has 0 N–H and O–H groups in total. The molecule has 6 heteroatoms. The zero-order chi connectivity index (χ0) is 37.8. The maximum atomic E-state index is 11.4. The SMILES string of the molecule is C.CC(C)(F)F.CCC#N.CCC(C)C.CCC(C)C.CCC(C)F.CCCC.CCCC.CCCC.CCCF.CCOC. The van der Waals surface area contributed by atoms with Crippen molar-refractivity contribution >= 4 is 0 Å². The van der Waals surface area contributed by atoms with Crippen molar-refractivity contribution in [2.75, 3.05) is 20.4 Å². The number of ether oxygens (including phenoxy) is 1. The maximum Gasteiger partial charge on any atom is 0.242 e. The fourth-order valence-corrected chi connectivity index (χ4v) is 0. The minimum Gasteiger partial charge on any atom is -0.385 e. The highest BCUT2D eigenvalue weighted by Gasteiger charge is 2.08. The summed E-state index contributed by atoms with van der Waals surface area (Å²) >= 11 is 0. The van der Waals surface area contributed by atoms with Crippen LogP contribution in [0.15, 0.2) is 0 Å². The molecule has 0 aliphatic rings. The summed E-state index contributed by atoms with van der Waals surface area (Å²) in [6.45, 7) is 37.7. The zero-order valence-electron chi connectivity index (χ0n) is 34.3. The van der Waals surface area contributed by atoms with Gasteiger partial charge in [-0.15, -0.1) is 0 Å². The Morgan fingerprint density at radius 3 is 0.733 bits per heavy atom. The van der Waals surface area contributed by atoms with Gasteiger partial charge in [-0.25, -0.2) is 13.2 Å². The Morgan fingerprint density at radius 1 is 0.600 bits per heavy atom. The molecular formula is C39H93F4NO. The molecule has 0 amide bonds. The molecule has 0 fully saturated rings. The van der Waals surface area contributed by atoms with Gasteiger partial charge in [0.25, 0.3) is 0 Å². The second-order valence-corrected chi connectivity index (χ2v) is 10.9. The lowest BCUT2D eigenvalue weighted by molar-refractivity contribution is 0.0437. The van der Waals surface area contributed by atoms with Crippen LogP contribution in [-0.2, 0) is 4.74 Å². The topological polar surface area (TPSA) is 33.0 Å². The van der Waals surface area contributed by atoms with Crippen LogP contribution >= 0.6 is 0 Å². The largest absolute Gasteiger partial charge is 0.385 e. The number of halogens is 4. The molecule has 0 radical (unpaired) electrons. The van der Waals surface area contributed by atoms with E-state index < -0.39 is 12.1 Å². The van der Waals surface area contributed by atoms with E-state index in [4.69, 9.17) is 5.26 Å². The lowest BCUT2D eigenvalue weighted by atomic mass is 10.2. The van der Waals surface area contributed by atoms with E-state index in [1.54, 1.807) is 21.0 Å². The van der Waals surface area contributed by atoms with E-state index >= 15 is 0 Å². The smallest absolute Gasteiger partial charge is 0.242 e. The predicted octanol–water partition coefficient (Wildman–Crippen LogP) is 16.5. The van der Waals surface area contributed by atoms with Crippen LogP contribution in [0.4, 0.5) is 17.6 Å². The monoisotopic (exact) mass is 668 g/mol. The number of methoxy groups -OCH3 is 1. The van der Waals surface area contributed by atoms with Gasteiger partial charge in [0, 0.05) is 20.1 Å². The molecule has 0 spiro atoms. The van der Waals surface area contributed by atoms with Crippen LogP contribution < -0.4 is 0 Å². The van der Waals surface area contributed by atoms with Gasteiger partial charge in [-0.05, 0) is 52.4 Å². The maximum absolute atomic E-state index is 11.4. The summed E-state index contributed by atoms with van der Waals surface area (Å²) in [7, 11) is 1.68. The van der Waals surface area contributed by atoms with Gasteiger partial charge in [0.05, 0.1) is 18.9 Å². The van der Waals surface area contributed by atoms with Gasteiger partial charge in [-0.2, -0.15) is 5.26 Å². The highest BCUT2D eigenvalue weighted by Crippen LogP contribution is 2.06. The highest BCUT2D eigenvalue weighted by atomic mass is 19.3. The second kappa shape index (κ2) is 90.2. The van der Waals surface area contributed by atoms with E-state index in [-0.39, 0.29) is 14.1 Å². The fourth-order valence-electron chi connectivity index (χ4n) is 0. The molecule has 0 saturated heterocycles. The summed E-state index contributed by atoms with van der Waals surface area (Å²) in [4.78, 5) is 0. The number of alkyl halides is 4. The molecular weight excluding hydrogens is 574 g/mol. The summed E-state index contributed by atoms with van der Waals surface area (Å²) in [5.41, 5.74) is 0. The predicted molar refractivity (Wildman–Crippen MR) is 206 cm³/mol. The molecule has 0 heterocycles. The van der Waals surface area contributed by atoms with Gasteiger partial charge in [-0.1, -0.05) is 163 Å². The molecule has 0 aliphatic heterocycles. The Balaban J connectivity index is -0.0000000317. The van der Waals surface area contributed by atoms with Gasteiger partial charge in [0.2, 0.25) is 5.92 Å². The van der Waals surface area contributed by atoms with Crippen LogP contribution in [0.1, 0.15) is 210 Å². The Morgan fingerprint density at radius 2 is 0.733 bits per heavy atom. The summed E-state index contributed by atoms with van der Waals surface area (Å²) in [5, 5.41) is 7.62. The molecule has 0 aromatic heterocycles. The van der Waals surface area contributed by atoms with Crippen molar-refractivity contribution in [2.45, 2.75) is 222 Å². The van der Waals surface area contributed by atoms with E-state index in [9.17, 15) is 17.6 Å². The second-order valence-electron chi connectivity index (χ2n) is 10.9. The summed E-state index contributed by atoms with van der Waals surface area (Å²) < 4.78 is 48.7. The molecule has 0 aromatic carbocycles. The minimum absolute atomic E-state index is 0. The fraction of sp³-hybridized carbons (Fsp3) is 0.974. The third-order valence-electron chi connectivity index (χ3n) is 4.33. The minimum atomic E-state index is -2.50. The van der Waals surface area contributed by atoms with Gasteiger partial charge >= 0.3 is 0 Å². The van der Waals surface area contributed by atoms with Crippen molar-refractivity contribution in [2.24, 2.45) is 11.8 Å². The van der Waals surface area contributed by atoms with Gasteiger partial charge in [0.1, 0.15) is 0 Å². The van der Waals surface area contributed by atoms with E-state index in [2.05, 4.69) is 87.8 Å². The molecule has 45 heavy (non-hydrogen) atoms. The molecule has 288 valence electrons. The average Bonchev–Trinajstić information content (AvgIpc) is 3.01. The lowest BCUT2D eigenvalue weighted by Crippen LogP contribution is -1.98. The molecule has 0 aromatic rings. The van der Waals surface area contributed by atoms with Crippen molar-refractivity contribution in [1.82, 2.24) is 0 Å². The number of hydrogen-bond acceptors (Lipinski definition) is 2. The molecule has 1 atom stereocenters. The Hall–Kier alpha value is -0.830. The lowest BCUT2D eigenvalue weighted by Gasteiger charge is -1.94. The number of unbranched alkanes of at least 4 members (excludes halogenated alkanes) is 3. The number of hydrogen-bond donors (Lipinski definition) is 0. The van der Waals surface area contributed by atoms with Crippen LogP contribution in [0.25, 0.3) is 0 Å². The van der Waals surface area contributed by atoms with Crippen LogP contribution in [-0.4, -0.2) is 32.5 Å². The third kappa shape index (κ3) is 586. The van der Waals surface area contributed by atoms with Crippen LogP contribution in [0, 0.1) is 23.2 Å². The highest BCUT2D eigenvalue weighted by molar-refractivity contribution is 4.62. The van der Waals surface area contributed by atoms with E-state index in [0.29, 0.717) is 19.3 Å². The molecule has 0 aliphatic carbocycles. The van der Waals surface area contributed by atoms with Crippen molar-refractivity contribution in [3.05, 3.63) is 0 Å². The summed E-state index contributed by atoms with van der Waals surface area (Å²) in [6, 6.07) is 1.93. The van der Waals surface area contributed by atoms with E-state index in [1.807, 2.05) is 26.8 Å².